The number of hydrogen-bond donors (Lipinski definition) is 1. The first-order chi connectivity index (χ1) is 17.7. The molecule has 0 aliphatic carbocycles. The van der Waals surface area contributed by atoms with Crippen LogP contribution in [0.15, 0.2) is 52.9 Å². The topological polar surface area (TPSA) is 90.2 Å². The van der Waals surface area contributed by atoms with E-state index in [0.29, 0.717) is 55.3 Å². The molecule has 196 valence electrons. The van der Waals surface area contributed by atoms with Gasteiger partial charge in [-0.2, -0.15) is 0 Å². The Balaban J connectivity index is 1.29. The van der Waals surface area contributed by atoms with E-state index in [1.54, 1.807) is 11.8 Å². The molecule has 2 aromatic carbocycles. The van der Waals surface area contributed by atoms with Crippen molar-refractivity contribution >= 4 is 23.0 Å². The van der Waals surface area contributed by atoms with E-state index < -0.39 is 5.60 Å². The molecule has 8 nitrogen and oxygen atoms in total. The Hall–Kier alpha value is -3.52. The number of hydrogen-bond acceptors (Lipinski definition) is 6. The predicted molar refractivity (Wildman–Crippen MR) is 139 cm³/mol. The highest BCUT2D eigenvalue weighted by Crippen LogP contribution is 2.32. The summed E-state index contributed by atoms with van der Waals surface area (Å²) in [6.07, 6.45) is 0.874. The maximum absolute atomic E-state index is 13.5. The second-order valence-electron chi connectivity index (χ2n) is 10.8. The maximum Gasteiger partial charge on any atom is 0.410 e. The lowest BCUT2D eigenvalue weighted by atomic mass is 9.90. The molecule has 37 heavy (non-hydrogen) atoms. The van der Waals surface area contributed by atoms with E-state index in [1.807, 2.05) is 69.3 Å². The van der Waals surface area contributed by atoms with Crippen molar-refractivity contribution in [1.29, 1.82) is 0 Å². The lowest BCUT2D eigenvalue weighted by Gasteiger charge is -2.48. The predicted octanol–water partition coefficient (Wildman–Crippen LogP) is 5.22. The first-order valence-corrected chi connectivity index (χ1v) is 12.8. The number of aryl methyl sites for hydroxylation is 1. The fourth-order valence-corrected chi connectivity index (χ4v) is 5.22. The van der Waals surface area contributed by atoms with Crippen molar-refractivity contribution in [3.63, 3.8) is 0 Å². The number of carbonyl (C=O) groups is 2. The molecule has 2 saturated heterocycles. The van der Waals surface area contributed by atoms with Gasteiger partial charge in [-0.3, -0.25) is 9.69 Å². The number of amides is 2. The molecular formula is C29H34N2O6. The average molecular weight is 507 g/mol. The highest BCUT2D eigenvalue weighted by Gasteiger charge is 2.44. The van der Waals surface area contributed by atoms with Crippen LogP contribution in [0.25, 0.3) is 11.0 Å². The lowest BCUT2D eigenvalue weighted by molar-refractivity contribution is -0.0835. The summed E-state index contributed by atoms with van der Waals surface area (Å²) >= 11 is 0. The van der Waals surface area contributed by atoms with Crippen LogP contribution in [-0.2, 0) is 16.1 Å². The zero-order valence-corrected chi connectivity index (χ0v) is 21.8. The molecule has 5 rings (SSSR count). The minimum Gasteiger partial charge on any atom is -0.489 e. The number of carbonyl (C=O) groups excluding carboxylic acids is 2. The van der Waals surface area contributed by atoms with Gasteiger partial charge in [0.05, 0.1) is 30.9 Å². The number of furan rings is 1. The van der Waals surface area contributed by atoms with Crippen LogP contribution in [0.1, 0.15) is 55.3 Å². The molecule has 2 aliphatic heterocycles. The van der Waals surface area contributed by atoms with Gasteiger partial charge in [-0.25, -0.2) is 4.79 Å². The summed E-state index contributed by atoms with van der Waals surface area (Å²) < 4.78 is 23.2. The Morgan fingerprint density at radius 2 is 1.76 bits per heavy atom. The van der Waals surface area contributed by atoms with Crippen molar-refractivity contribution in [3.05, 3.63) is 65.4 Å². The molecule has 1 aromatic heterocycles. The van der Waals surface area contributed by atoms with Gasteiger partial charge in [0.15, 0.2) is 0 Å². The van der Waals surface area contributed by atoms with E-state index in [9.17, 15) is 9.59 Å². The van der Waals surface area contributed by atoms with E-state index in [2.05, 4.69) is 5.32 Å². The van der Waals surface area contributed by atoms with Gasteiger partial charge in [-0.1, -0.05) is 30.3 Å². The molecule has 3 heterocycles. The number of nitrogens with zero attached hydrogens (tertiary/aromatic N) is 1. The summed E-state index contributed by atoms with van der Waals surface area (Å²) in [5, 5.41) is 3.91. The van der Waals surface area contributed by atoms with Gasteiger partial charge in [0.25, 0.3) is 5.91 Å². The normalized spacial score (nSPS) is 21.5. The fourth-order valence-electron chi connectivity index (χ4n) is 5.22. The molecule has 0 spiro atoms. The summed E-state index contributed by atoms with van der Waals surface area (Å²) in [4.78, 5) is 28.1. The third-order valence-corrected chi connectivity index (χ3v) is 6.77. The number of nitrogens with one attached hydrogen (secondary N) is 1. The van der Waals surface area contributed by atoms with Gasteiger partial charge in [0, 0.05) is 11.4 Å². The smallest absolute Gasteiger partial charge is 0.410 e. The minimum atomic E-state index is -0.569. The van der Waals surface area contributed by atoms with Gasteiger partial charge in [0.1, 0.15) is 29.3 Å². The van der Waals surface area contributed by atoms with Crippen LogP contribution in [0.4, 0.5) is 4.79 Å². The minimum absolute atomic E-state index is 0.0908. The monoisotopic (exact) mass is 506 g/mol. The zero-order valence-electron chi connectivity index (χ0n) is 21.8. The number of morpholine rings is 1. The van der Waals surface area contributed by atoms with Gasteiger partial charge >= 0.3 is 6.09 Å². The molecule has 3 atom stereocenters. The van der Waals surface area contributed by atoms with Crippen LogP contribution in [0.5, 0.6) is 5.75 Å². The van der Waals surface area contributed by atoms with Crippen LogP contribution in [0.2, 0.25) is 0 Å². The first-order valence-electron chi connectivity index (χ1n) is 12.8. The van der Waals surface area contributed by atoms with E-state index >= 15 is 0 Å². The SMILES string of the molecule is Cc1oc2ccc(OCc3ccccc3)cc2c1C(=O)NC1C[C@H]2COC[C@@H](C1)N2C(=O)OC(C)(C)C. The number of fused-ring (bicyclic) bond motifs is 3. The molecule has 0 radical (unpaired) electrons. The van der Waals surface area contributed by atoms with Crippen molar-refractivity contribution in [3.8, 4) is 5.75 Å². The summed E-state index contributed by atoms with van der Waals surface area (Å²) in [7, 11) is 0. The Morgan fingerprint density at radius 3 is 2.43 bits per heavy atom. The largest absolute Gasteiger partial charge is 0.489 e. The molecule has 2 aliphatic rings. The molecule has 0 saturated carbocycles. The van der Waals surface area contributed by atoms with Crippen molar-refractivity contribution in [2.75, 3.05) is 13.2 Å². The zero-order chi connectivity index (χ0) is 26.2. The van der Waals surface area contributed by atoms with Crippen molar-refractivity contribution in [1.82, 2.24) is 10.2 Å². The Bertz CT molecular complexity index is 1260. The third kappa shape index (κ3) is 5.59. The third-order valence-electron chi connectivity index (χ3n) is 6.77. The maximum atomic E-state index is 13.5. The van der Waals surface area contributed by atoms with Crippen LogP contribution in [0, 0.1) is 6.92 Å². The summed E-state index contributed by atoms with van der Waals surface area (Å²) in [6.45, 7) is 8.67. The standard InChI is InChI=1S/C29H34N2O6/c1-18-26(24-14-23(10-11-25(24)36-18)35-15-19-8-6-5-7-9-19)27(32)30-20-12-21-16-34-17-22(13-20)31(21)28(33)37-29(2,3)4/h5-11,14,20-22H,12-13,15-17H2,1-4H3,(H,30,32)/t20?,21-,22+. The van der Waals surface area contributed by atoms with Crippen molar-refractivity contribution < 1.29 is 28.2 Å². The van der Waals surface area contributed by atoms with Crippen molar-refractivity contribution in [2.24, 2.45) is 0 Å². The molecule has 2 fully saturated rings. The highest BCUT2D eigenvalue weighted by atomic mass is 16.6. The molecule has 2 bridgehead atoms. The van der Waals surface area contributed by atoms with Crippen LogP contribution in [0.3, 0.4) is 0 Å². The quantitative estimate of drug-likeness (QED) is 0.511. The van der Waals surface area contributed by atoms with E-state index in [-0.39, 0.29) is 30.1 Å². The Labute approximate surface area is 216 Å². The van der Waals surface area contributed by atoms with Gasteiger partial charge in [-0.05, 0) is 64.3 Å². The molecular weight excluding hydrogens is 472 g/mol. The number of ether oxygens (including phenoxy) is 3. The molecule has 3 aromatic rings. The number of piperidine rings is 1. The van der Waals surface area contributed by atoms with Crippen LogP contribution in [-0.4, -0.2) is 53.8 Å². The van der Waals surface area contributed by atoms with E-state index in [1.165, 1.54) is 0 Å². The Morgan fingerprint density at radius 1 is 1.05 bits per heavy atom. The molecule has 8 heteroatoms. The van der Waals surface area contributed by atoms with E-state index in [0.717, 1.165) is 10.9 Å². The number of rotatable bonds is 5. The molecule has 1 unspecified atom stereocenters. The first kappa shape index (κ1) is 25.1. The summed E-state index contributed by atoms with van der Waals surface area (Å²) in [6, 6.07) is 15.1. The summed E-state index contributed by atoms with van der Waals surface area (Å²) in [5.74, 6) is 1.04. The lowest BCUT2D eigenvalue weighted by Crippen LogP contribution is -2.63. The Kier molecular flexibility index (Phi) is 6.86. The number of benzene rings is 2. The second-order valence-corrected chi connectivity index (χ2v) is 10.8. The van der Waals surface area contributed by atoms with Gasteiger partial charge < -0.3 is 23.9 Å². The summed E-state index contributed by atoms with van der Waals surface area (Å²) in [5.41, 5.74) is 1.65. The van der Waals surface area contributed by atoms with Crippen molar-refractivity contribution in [2.45, 2.75) is 70.9 Å². The van der Waals surface area contributed by atoms with Gasteiger partial charge in [0.2, 0.25) is 0 Å². The second kappa shape index (κ2) is 10.1. The highest BCUT2D eigenvalue weighted by molar-refractivity contribution is 6.07. The van der Waals surface area contributed by atoms with Gasteiger partial charge in [-0.15, -0.1) is 0 Å². The molecule has 2 amide bonds. The average Bonchev–Trinajstić information content (AvgIpc) is 3.16. The van der Waals surface area contributed by atoms with E-state index in [4.69, 9.17) is 18.6 Å². The molecule has 1 N–H and O–H groups in total. The fraction of sp³-hybridized carbons (Fsp3) is 0.448. The van der Waals surface area contributed by atoms with Crippen LogP contribution >= 0.6 is 0 Å². The van der Waals surface area contributed by atoms with Crippen LogP contribution < -0.4 is 10.1 Å².